The van der Waals surface area contributed by atoms with Crippen molar-refractivity contribution in [3.63, 3.8) is 0 Å². The lowest BCUT2D eigenvalue weighted by Gasteiger charge is -2.26. The molecule has 0 spiro atoms. The molecule has 228 valence electrons. The second kappa shape index (κ2) is 12.4. The molecule has 2 aromatic carbocycles. The molecule has 1 saturated heterocycles. The van der Waals surface area contributed by atoms with Crippen LogP contribution >= 0.6 is 0 Å². The van der Waals surface area contributed by atoms with Gasteiger partial charge < -0.3 is 30.2 Å². The van der Waals surface area contributed by atoms with Gasteiger partial charge in [0.2, 0.25) is 0 Å². The van der Waals surface area contributed by atoms with Gasteiger partial charge in [0, 0.05) is 61.2 Å². The quantitative estimate of drug-likeness (QED) is 0.184. The van der Waals surface area contributed by atoms with Crippen molar-refractivity contribution in [1.82, 2.24) is 29.7 Å². The van der Waals surface area contributed by atoms with Gasteiger partial charge in [0.05, 0.1) is 24.4 Å². The monoisotopic (exact) mass is 602 g/mol. The van der Waals surface area contributed by atoms with Crippen LogP contribution in [0.5, 0.6) is 0 Å². The summed E-state index contributed by atoms with van der Waals surface area (Å²) in [5.41, 5.74) is 6.14. The molecule has 5 heterocycles. The summed E-state index contributed by atoms with van der Waals surface area (Å²) < 4.78 is 7.61. The van der Waals surface area contributed by atoms with Crippen molar-refractivity contribution in [2.24, 2.45) is 0 Å². The first kappa shape index (κ1) is 28.5. The number of aryl methyl sites for hydroxylation is 1. The van der Waals surface area contributed by atoms with Gasteiger partial charge >= 0.3 is 0 Å². The fourth-order valence-electron chi connectivity index (χ4n) is 5.83. The van der Waals surface area contributed by atoms with E-state index in [2.05, 4.69) is 76.9 Å². The third kappa shape index (κ3) is 6.08. The van der Waals surface area contributed by atoms with Gasteiger partial charge in [-0.25, -0.2) is 9.97 Å². The number of fused-ring (bicyclic) bond motifs is 2. The Labute approximate surface area is 260 Å². The van der Waals surface area contributed by atoms with Crippen LogP contribution in [0.2, 0.25) is 0 Å². The predicted octanol–water partition coefficient (Wildman–Crippen LogP) is 4.41. The van der Waals surface area contributed by atoms with E-state index in [1.807, 2.05) is 31.2 Å². The molecule has 0 saturated carbocycles. The summed E-state index contributed by atoms with van der Waals surface area (Å²) in [6.07, 6.45) is 5.27. The van der Waals surface area contributed by atoms with Crippen LogP contribution in [0.1, 0.15) is 32.9 Å². The summed E-state index contributed by atoms with van der Waals surface area (Å²) >= 11 is 0. The van der Waals surface area contributed by atoms with Gasteiger partial charge in [0.1, 0.15) is 23.7 Å². The van der Waals surface area contributed by atoms with Crippen molar-refractivity contribution in [2.75, 3.05) is 50.0 Å². The molecule has 0 aliphatic carbocycles. The number of amides is 2. The number of H-pyrrole nitrogens is 1. The smallest absolute Gasteiger partial charge is 0.267 e. The van der Waals surface area contributed by atoms with E-state index in [0.717, 1.165) is 61.5 Å². The van der Waals surface area contributed by atoms with Crippen LogP contribution in [0, 0.1) is 6.92 Å². The second-order valence-corrected chi connectivity index (χ2v) is 11.3. The number of aromatic amines is 1. The molecule has 7 rings (SSSR count). The van der Waals surface area contributed by atoms with Crippen LogP contribution in [0.3, 0.4) is 0 Å². The number of ether oxygens (including phenoxy) is 1. The molecule has 0 unspecified atom stereocenters. The molecule has 5 aromatic rings. The topological polar surface area (TPSA) is 129 Å². The Bertz CT molecular complexity index is 1900. The van der Waals surface area contributed by atoms with Crippen LogP contribution in [0.15, 0.2) is 73.2 Å². The molecule has 2 aliphatic rings. The van der Waals surface area contributed by atoms with E-state index in [-0.39, 0.29) is 11.8 Å². The van der Waals surface area contributed by atoms with Crippen LogP contribution in [-0.2, 0) is 16.1 Å². The standard InChI is InChI=1S/C34H34N8O3/c1-22-17-28(34(44)35-10-12-41-13-15-45-16-14-41)39-27(22)19-26-30-31(36-21-37-32(30)40-33(26)43)38-25-7-8-29-24(18-25)9-11-42(29)20-23-5-3-2-4-6-23/h2-9,11,17-19,21,39H,10,12-16,20H2,1H3,(H,35,44)(H2,36,37,38,40,43). The number of nitrogens with one attached hydrogen (secondary N) is 4. The van der Waals surface area contributed by atoms with E-state index < -0.39 is 0 Å². The Morgan fingerprint density at radius 2 is 1.91 bits per heavy atom. The SMILES string of the molecule is Cc1cc(C(=O)NCCN2CCOCC2)[nH]c1C=C1C(=O)Nc2ncnc(Nc3ccc4c(ccn4Cc4ccccc4)c3)c21. The zero-order chi connectivity index (χ0) is 30.8. The van der Waals surface area contributed by atoms with Gasteiger partial charge in [-0.1, -0.05) is 30.3 Å². The fourth-order valence-corrected chi connectivity index (χ4v) is 5.83. The van der Waals surface area contributed by atoms with E-state index in [1.165, 1.54) is 11.9 Å². The number of anilines is 3. The summed E-state index contributed by atoms with van der Waals surface area (Å²) in [6, 6.07) is 20.4. The normalized spacial score (nSPS) is 15.8. The number of benzene rings is 2. The maximum atomic E-state index is 13.1. The summed E-state index contributed by atoms with van der Waals surface area (Å²) in [4.78, 5) is 40.3. The first-order valence-electron chi connectivity index (χ1n) is 15.1. The molecule has 4 N–H and O–H groups in total. The number of hydrogen-bond acceptors (Lipinski definition) is 7. The molecule has 3 aromatic heterocycles. The molecule has 0 atom stereocenters. The van der Waals surface area contributed by atoms with Gasteiger partial charge in [0.25, 0.3) is 11.8 Å². The van der Waals surface area contributed by atoms with Gasteiger partial charge in [-0.05, 0) is 54.5 Å². The molecule has 0 bridgehead atoms. The molecule has 0 radical (unpaired) electrons. The molecule has 1 fully saturated rings. The van der Waals surface area contributed by atoms with Crippen molar-refractivity contribution in [3.05, 3.63) is 101 Å². The molecule has 2 aliphatic heterocycles. The number of nitrogens with zero attached hydrogens (tertiary/aromatic N) is 4. The number of morpholine rings is 1. The lowest BCUT2D eigenvalue weighted by molar-refractivity contribution is -0.110. The summed E-state index contributed by atoms with van der Waals surface area (Å²) in [7, 11) is 0. The van der Waals surface area contributed by atoms with Crippen LogP contribution in [-0.4, -0.2) is 75.6 Å². The Morgan fingerprint density at radius 1 is 1.07 bits per heavy atom. The zero-order valence-electron chi connectivity index (χ0n) is 25.0. The van der Waals surface area contributed by atoms with Gasteiger partial charge in [-0.3, -0.25) is 14.5 Å². The second-order valence-electron chi connectivity index (χ2n) is 11.3. The van der Waals surface area contributed by atoms with Gasteiger partial charge in [-0.2, -0.15) is 0 Å². The maximum absolute atomic E-state index is 13.1. The molecular formula is C34H34N8O3. The highest BCUT2D eigenvalue weighted by Crippen LogP contribution is 2.37. The average molecular weight is 603 g/mol. The number of hydrogen-bond donors (Lipinski definition) is 4. The Kier molecular flexibility index (Phi) is 7.85. The third-order valence-electron chi connectivity index (χ3n) is 8.23. The molecule has 2 amide bonds. The number of carbonyl (C=O) groups is 2. The average Bonchev–Trinajstić information content (AvgIpc) is 3.73. The Hall–Kier alpha value is -5.26. The van der Waals surface area contributed by atoms with Crippen molar-refractivity contribution < 1.29 is 14.3 Å². The first-order valence-corrected chi connectivity index (χ1v) is 15.1. The molecular weight excluding hydrogens is 568 g/mol. The lowest BCUT2D eigenvalue weighted by atomic mass is 10.1. The summed E-state index contributed by atoms with van der Waals surface area (Å²) in [5.74, 6) is 0.473. The van der Waals surface area contributed by atoms with E-state index >= 15 is 0 Å². The molecule has 45 heavy (non-hydrogen) atoms. The van der Waals surface area contributed by atoms with Crippen molar-refractivity contribution in [1.29, 1.82) is 0 Å². The van der Waals surface area contributed by atoms with Crippen molar-refractivity contribution >= 4 is 51.7 Å². The number of rotatable bonds is 9. The lowest BCUT2D eigenvalue weighted by Crippen LogP contribution is -2.41. The Balaban J connectivity index is 1.09. The highest BCUT2D eigenvalue weighted by atomic mass is 16.5. The minimum absolute atomic E-state index is 0.189. The van der Waals surface area contributed by atoms with Crippen molar-refractivity contribution in [2.45, 2.75) is 13.5 Å². The minimum atomic E-state index is -0.285. The van der Waals surface area contributed by atoms with E-state index in [4.69, 9.17) is 4.74 Å². The first-order chi connectivity index (χ1) is 22.0. The van der Waals surface area contributed by atoms with Crippen LogP contribution in [0.25, 0.3) is 22.6 Å². The van der Waals surface area contributed by atoms with Crippen LogP contribution in [0.4, 0.5) is 17.3 Å². The van der Waals surface area contributed by atoms with E-state index in [9.17, 15) is 9.59 Å². The maximum Gasteiger partial charge on any atom is 0.267 e. The van der Waals surface area contributed by atoms with Gasteiger partial charge in [-0.15, -0.1) is 0 Å². The predicted molar refractivity (Wildman–Crippen MR) is 174 cm³/mol. The number of aromatic nitrogens is 4. The summed E-state index contributed by atoms with van der Waals surface area (Å²) in [6.45, 7) is 7.18. The van der Waals surface area contributed by atoms with Gasteiger partial charge in [0.15, 0.2) is 0 Å². The highest BCUT2D eigenvalue weighted by Gasteiger charge is 2.30. The molecule has 11 nitrogen and oxygen atoms in total. The van der Waals surface area contributed by atoms with Crippen molar-refractivity contribution in [3.8, 4) is 0 Å². The largest absolute Gasteiger partial charge is 0.379 e. The summed E-state index contributed by atoms with van der Waals surface area (Å²) in [5, 5.41) is 10.3. The third-order valence-corrected chi connectivity index (χ3v) is 8.23. The molecule has 11 heteroatoms. The minimum Gasteiger partial charge on any atom is -0.379 e. The van der Waals surface area contributed by atoms with E-state index in [0.29, 0.717) is 40.7 Å². The van der Waals surface area contributed by atoms with Crippen LogP contribution < -0.4 is 16.0 Å². The van der Waals surface area contributed by atoms with E-state index in [1.54, 1.807) is 12.1 Å². The fraction of sp³-hybridized carbons (Fsp3) is 0.235. The highest BCUT2D eigenvalue weighted by molar-refractivity contribution is 6.35. The zero-order valence-corrected chi connectivity index (χ0v) is 25.0. The number of carbonyl (C=O) groups excluding carboxylic acids is 2. The Morgan fingerprint density at radius 3 is 2.76 bits per heavy atom.